The van der Waals surface area contributed by atoms with Crippen LogP contribution in [0.5, 0.6) is 0 Å². The molecule has 1 amide bonds. The number of nitrogens with zero attached hydrogens (tertiary/aromatic N) is 1. The zero-order valence-electron chi connectivity index (χ0n) is 11.5. The van der Waals surface area contributed by atoms with E-state index in [-0.39, 0.29) is 10.8 Å². The summed E-state index contributed by atoms with van der Waals surface area (Å²) in [7, 11) is 1.51. The molecule has 4 nitrogen and oxygen atoms in total. The summed E-state index contributed by atoms with van der Waals surface area (Å²) in [5.74, 6) is 0.788. The molecule has 2 atom stereocenters. The quantitative estimate of drug-likeness (QED) is 0.789. The van der Waals surface area contributed by atoms with E-state index in [0.29, 0.717) is 30.5 Å². The van der Waals surface area contributed by atoms with Crippen molar-refractivity contribution in [3.63, 3.8) is 0 Å². The van der Waals surface area contributed by atoms with Crippen LogP contribution in [0.15, 0.2) is 29.2 Å². The van der Waals surface area contributed by atoms with Gasteiger partial charge >= 0.3 is 0 Å². The summed E-state index contributed by atoms with van der Waals surface area (Å²) in [5.41, 5.74) is 0.369. The molecule has 1 aliphatic rings. The van der Waals surface area contributed by atoms with Gasteiger partial charge in [-0.05, 0) is 36.5 Å². The minimum atomic E-state index is -3.81. The number of piperidine rings is 1. The lowest BCUT2D eigenvalue weighted by Gasteiger charge is -2.35. The number of carbonyl (C=O) groups excluding carboxylic acids is 1. The molecule has 1 heterocycles. The van der Waals surface area contributed by atoms with Crippen LogP contribution in [-0.4, -0.2) is 32.3 Å². The smallest absolute Gasteiger partial charge is 0.261 e. The van der Waals surface area contributed by atoms with Crippen molar-refractivity contribution in [1.29, 1.82) is 0 Å². The number of amides is 1. The molecule has 0 saturated carbocycles. The van der Waals surface area contributed by atoms with Gasteiger partial charge in [0.25, 0.3) is 15.0 Å². The van der Waals surface area contributed by atoms with Gasteiger partial charge < -0.3 is 4.90 Å². The lowest BCUT2D eigenvalue weighted by Crippen LogP contribution is -2.42. The van der Waals surface area contributed by atoms with Crippen LogP contribution in [0.25, 0.3) is 0 Å². The summed E-state index contributed by atoms with van der Waals surface area (Å²) in [6, 6.07) is 5.90. The predicted molar refractivity (Wildman–Crippen MR) is 78.3 cm³/mol. The van der Waals surface area contributed by atoms with Crippen molar-refractivity contribution in [2.45, 2.75) is 25.2 Å². The van der Waals surface area contributed by atoms with Gasteiger partial charge in [-0.25, -0.2) is 8.42 Å². The van der Waals surface area contributed by atoms with Gasteiger partial charge in [0.2, 0.25) is 0 Å². The van der Waals surface area contributed by atoms with Crippen molar-refractivity contribution in [1.82, 2.24) is 4.90 Å². The number of hydrogen-bond acceptors (Lipinski definition) is 3. The van der Waals surface area contributed by atoms with Crippen LogP contribution >= 0.6 is 10.7 Å². The Morgan fingerprint density at radius 3 is 2.40 bits per heavy atom. The molecule has 1 aromatic carbocycles. The van der Waals surface area contributed by atoms with E-state index < -0.39 is 9.05 Å². The summed E-state index contributed by atoms with van der Waals surface area (Å²) in [6.07, 6.45) is 1.11. The van der Waals surface area contributed by atoms with E-state index in [4.69, 9.17) is 10.7 Å². The number of hydrogen-bond donors (Lipinski definition) is 0. The van der Waals surface area contributed by atoms with Crippen molar-refractivity contribution in [2.75, 3.05) is 13.1 Å². The maximum absolute atomic E-state index is 12.5. The van der Waals surface area contributed by atoms with E-state index >= 15 is 0 Å². The largest absolute Gasteiger partial charge is 0.338 e. The lowest BCUT2D eigenvalue weighted by molar-refractivity contribution is 0.0623. The topological polar surface area (TPSA) is 54.5 Å². The number of carbonyl (C=O) groups is 1. The van der Waals surface area contributed by atoms with E-state index in [0.717, 1.165) is 6.42 Å². The van der Waals surface area contributed by atoms with Gasteiger partial charge in [-0.1, -0.05) is 19.9 Å². The highest BCUT2D eigenvalue weighted by molar-refractivity contribution is 8.13. The first-order valence-electron chi connectivity index (χ1n) is 6.61. The van der Waals surface area contributed by atoms with Gasteiger partial charge in [0.15, 0.2) is 0 Å². The first kappa shape index (κ1) is 15.3. The summed E-state index contributed by atoms with van der Waals surface area (Å²) in [4.78, 5) is 14.2. The molecular weight excluding hydrogens is 298 g/mol. The van der Waals surface area contributed by atoms with E-state index in [1.54, 1.807) is 17.0 Å². The molecule has 0 spiro atoms. The Hall–Kier alpha value is -1.07. The SMILES string of the molecule is CC1CC(C)CN(C(=O)c2cccc(S(=O)(=O)Cl)c2)C1. The van der Waals surface area contributed by atoms with Crippen LogP contribution in [0.1, 0.15) is 30.6 Å². The zero-order chi connectivity index (χ0) is 14.9. The van der Waals surface area contributed by atoms with Gasteiger partial charge in [0.1, 0.15) is 0 Å². The zero-order valence-corrected chi connectivity index (χ0v) is 13.1. The Balaban J connectivity index is 2.25. The molecule has 0 bridgehead atoms. The second-order valence-corrected chi connectivity index (χ2v) is 8.19. The van der Waals surface area contributed by atoms with Crippen LogP contribution in [0, 0.1) is 11.8 Å². The van der Waals surface area contributed by atoms with Crippen LogP contribution in [-0.2, 0) is 9.05 Å². The number of likely N-dealkylation sites (tertiary alicyclic amines) is 1. The first-order chi connectivity index (χ1) is 9.27. The summed E-state index contributed by atoms with van der Waals surface area (Å²) in [6.45, 7) is 5.66. The second kappa shape index (κ2) is 5.74. The van der Waals surface area contributed by atoms with E-state index in [9.17, 15) is 13.2 Å². The molecule has 0 aromatic heterocycles. The fraction of sp³-hybridized carbons (Fsp3) is 0.500. The fourth-order valence-corrected chi connectivity index (χ4v) is 3.59. The van der Waals surface area contributed by atoms with Crippen molar-refractivity contribution in [3.05, 3.63) is 29.8 Å². The molecule has 0 radical (unpaired) electrons. The number of benzene rings is 1. The average Bonchev–Trinajstić information content (AvgIpc) is 2.36. The Kier molecular flexibility index (Phi) is 4.39. The van der Waals surface area contributed by atoms with E-state index in [1.807, 2.05) is 0 Å². The van der Waals surface area contributed by atoms with Crippen molar-refractivity contribution >= 4 is 25.6 Å². The standard InChI is InChI=1S/C14H18ClNO3S/c1-10-6-11(2)9-16(8-10)14(17)12-4-3-5-13(7-12)20(15,18)19/h3-5,7,10-11H,6,8-9H2,1-2H3. The Labute approximate surface area is 124 Å². The van der Waals surface area contributed by atoms with Crippen molar-refractivity contribution in [3.8, 4) is 0 Å². The van der Waals surface area contributed by atoms with E-state index in [2.05, 4.69) is 13.8 Å². The highest BCUT2D eigenvalue weighted by Gasteiger charge is 2.26. The summed E-state index contributed by atoms with van der Waals surface area (Å²) in [5, 5.41) is 0. The minimum Gasteiger partial charge on any atom is -0.338 e. The third-order valence-electron chi connectivity index (χ3n) is 3.52. The third-order valence-corrected chi connectivity index (χ3v) is 4.87. The van der Waals surface area contributed by atoms with Crippen LogP contribution < -0.4 is 0 Å². The maximum Gasteiger partial charge on any atom is 0.261 e. The molecule has 1 fully saturated rings. The molecule has 6 heteroatoms. The summed E-state index contributed by atoms with van der Waals surface area (Å²) < 4.78 is 22.7. The molecule has 20 heavy (non-hydrogen) atoms. The second-order valence-electron chi connectivity index (χ2n) is 5.62. The molecular formula is C14H18ClNO3S. The Morgan fingerprint density at radius 1 is 1.25 bits per heavy atom. The third kappa shape index (κ3) is 3.52. The minimum absolute atomic E-state index is 0.0388. The van der Waals surface area contributed by atoms with Gasteiger partial charge in [-0.15, -0.1) is 0 Å². The van der Waals surface area contributed by atoms with Gasteiger partial charge in [0, 0.05) is 29.3 Å². The van der Waals surface area contributed by atoms with Crippen molar-refractivity contribution in [2.24, 2.45) is 11.8 Å². The lowest BCUT2D eigenvalue weighted by atomic mass is 9.91. The van der Waals surface area contributed by atoms with Crippen LogP contribution in [0.2, 0.25) is 0 Å². The molecule has 0 aliphatic carbocycles. The molecule has 1 aromatic rings. The van der Waals surface area contributed by atoms with Crippen molar-refractivity contribution < 1.29 is 13.2 Å². The normalized spacial score (nSPS) is 23.6. The van der Waals surface area contributed by atoms with Gasteiger partial charge in [0.05, 0.1) is 4.90 Å². The highest BCUT2D eigenvalue weighted by Crippen LogP contribution is 2.23. The maximum atomic E-state index is 12.5. The molecule has 2 rings (SSSR count). The first-order valence-corrected chi connectivity index (χ1v) is 8.92. The monoisotopic (exact) mass is 315 g/mol. The Morgan fingerprint density at radius 2 is 1.85 bits per heavy atom. The Bertz CT molecular complexity index is 605. The number of halogens is 1. The summed E-state index contributed by atoms with van der Waals surface area (Å²) >= 11 is 0. The van der Waals surface area contributed by atoms with E-state index in [1.165, 1.54) is 12.1 Å². The van der Waals surface area contributed by atoms with Gasteiger partial charge in [-0.2, -0.15) is 0 Å². The predicted octanol–water partition coefficient (Wildman–Crippen LogP) is 2.73. The highest BCUT2D eigenvalue weighted by atomic mass is 35.7. The average molecular weight is 316 g/mol. The van der Waals surface area contributed by atoms with Crippen LogP contribution in [0.4, 0.5) is 0 Å². The molecule has 110 valence electrons. The fourth-order valence-electron chi connectivity index (χ4n) is 2.79. The molecule has 1 saturated heterocycles. The molecule has 0 N–H and O–H groups in total. The molecule has 2 unspecified atom stereocenters. The number of rotatable bonds is 2. The van der Waals surface area contributed by atoms with Crippen LogP contribution in [0.3, 0.4) is 0 Å². The molecule has 1 aliphatic heterocycles. The van der Waals surface area contributed by atoms with Gasteiger partial charge in [-0.3, -0.25) is 4.79 Å².